The molecule has 0 aliphatic carbocycles. The van der Waals surface area contributed by atoms with E-state index in [1.54, 1.807) is 27.7 Å². The molecule has 2 heterocycles. The lowest BCUT2D eigenvalue weighted by Crippen LogP contribution is -2.35. The SMILES string of the molecule is Cc1noc(C)c1COc1ccc(S(=O)(=O)N(CC(C)C)c2ccnc(C(F)(F)F)n2)cc1. The van der Waals surface area contributed by atoms with Crippen molar-refractivity contribution < 1.29 is 30.8 Å². The number of benzene rings is 1. The van der Waals surface area contributed by atoms with E-state index in [9.17, 15) is 21.6 Å². The first-order valence-electron chi connectivity index (χ1n) is 9.97. The second kappa shape index (κ2) is 9.38. The molecule has 2 aromatic heterocycles. The fourth-order valence-corrected chi connectivity index (χ4v) is 4.55. The van der Waals surface area contributed by atoms with Crippen molar-refractivity contribution in [3.63, 3.8) is 0 Å². The van der Waals surface area contributed by atoms with Gasteiger partial charge in [-0.15, -0.1) is 0 Å². The number of ether oxygens (including phenoxy) is 1. The van der Waals surface area contributed by atoms with E-state index in [1.807, 2.05) is 0 Å². The van der Waals surface area contributed by atoms with Gasteiger partial charge < -0.3 is 9.26 Å². The zero-order chi connectivity index (χ0) is 24.4. The van der Waals surface area contributed by atoms with Crippen LogP contribution in [-0.4, -0.2) is 30.1 Å². The molecule has 0 fully saturated rings. The van der Waals surface area contributed by atoms with Crippen LogP contribution in [0.5, 0.6) is 5.75 Å². The molecular formula is C21H23F3N4O4S. The molecule has 0 N–H and O–H groups in total. The lowest BCUT2D eigenvalue weighted by molar-refractivity contribution is -0.144. The van der Waals surface area contributed by atoms with Gasteiger partial charge in [0, 0.05) is 18.8 Å². The Morgan fingerprint density at radius 2 is 1.79 bits per heavy atom. The van der Waals surface area contributed by atoms with Gasteiger partial charge in [-0.1, -0.05) is 19.0 Å². The number of alkyl halides is 3. The highest BCUT2D eigenvalue weighted by atomic mass is 32.2. The Hall–Kier alpha value is -3.15. The lowest BCUT2D eigenvalue weighted by Gasteiger charge is -2.25. The summed E-state index contributed by atoms with van der Waals surface area (Å²) in [4.78, 5) is 6.55. The average Bonchev–Trinajstić information content (AvgIpc) is 3.07. The molecule has 0 atom stereocenters. The molecular weight excluding hydrogens is 461 g/mol. The van der Waals surface area contributed by atoms with E-state index in [4.69, 9.17) is 9.26 Å². The van der Waals surface area contributed by atoms with Crippen molar-refractivity contribution in [2.45, 2.75) is 45.4 Å². The molecule has 0 spiro atoms. The molecule has 33 heavy (non-hydrogen) atoms. The summed E-state index contributed by atoms with van der Waals surface area (Å²) in [5.41, 5.74) is 1.48. The van der Waals surface area contributed by atoms with E-state index in [1.165, 1.54) is 24.3 Å². The zero-order valence-electron chi connectivity index (χ0n) is 18.4. The third kappa shape index (κ3) is 5.62. The van der Waals surface area contributed by atoms with Crippen LogP contribution in [-0.2, 0) is 22.8 Å². The number of rotatable bonds is 8. The van der Waals surface area contributed by atoms with Crippen LogP contribution < -0.4 is 9.04 Å². The van der Waals surface area contributed by atoms with E-state index in [2.05, 4.69) is 15.1 Å². The summed E-state index contributed by atoms with van der Waals surface area (Å²) in [5, 5.41) is 3.85. The number of aryl methyl sites for hydroxylation is 2. The van der Waals surface area contributed by atoms with Crippen LogP contribution in [0.1, 0.15) is 36.7 Å². The van der Waals surface area contributed by atoms with Gasteiger partial charge in [-0.05, 0) is 44.0 Å². The largest absolute Gasteiger partial charge is 0.489 e. The fourth-order valence-electron chi connectivity index (χ4n) is 2.97. The highest BCUT2D eigenvalue weighted by Gasteiger charge is 2.36. The maximum atomic E-state index is 13.3. The van der Waals surface area contributed by atoms with Crippen molar-refractivity contribution in [3.05, 3.63) is 59.4 Å². The predicted molar refractivity (Wildman–Crippen MR) is 113 cm³/mol. The molecule has 1 aromatic carbocycles. The first-order valence-corrected chi connectivity index (χ1v) is 11.4. The molecule has 0 amide bonds. The summed E-state index contributed by atoms with van der Waals surface area (Å²) in [7, 11) is -4.20. The Morgan fingerprint density at radius 3 is 2.33 bits per heavy atom. The third-order valence-corrected chi connectivity index (χ3v) is 6.44. The fraction of sp³-hybridized carbons (Fsp3) is 0.381. The average molecular weight is 485 g/mol. The smallest absolute Gasteiger partial charge is 0.451 e. The summed E-state index contributed by atoms with van der Waals surface area (Å²) in [6.45, 7) is 7.16. The summed E-state index contributed by atoms with van der Waals surface area (Å²) < 4.78 is 77.4. The zero-order valence-corrected chi connectivity index (χ0v) is 19.2. The standard InChI is InChI=1S/C21H23F3N4O4S/c1-13(2)11-28(19-9-10-25-20(26-19)21(22,23)24)33(29,30)17-7-5-16(6-8-17)31-12-18-14(3)27-32-15(18)4/h5-10,13H,11-12H2,1-4H3. The molecule has 3 aromatic rings. The van der Waals surface area contributed by atoms with E-state index in [0.717, 1.165) is 22.1 Å². The van der Waals surface area contributed by atoms with Gasteiger partial charge in [0.1, 0.15) is 23.9 Å². The molecule has 0 unspecified atom stereocenters. The Labute approximate surface area is 189 Å². The maximum Gasteiger partial charge on any atom is 0.451 e. The predicted octanol–water partition coefficient (Wildman–Crippen LogP) is 4.53. The van der Waals surface area contributed by atoms with Gasteiger partial charge in [-0.3, -0.25) is 0 Å². The Bertz CT molecular complexity index is 1190. The second-order valence-corrected chi connectivity index (χ2v) is 9.59. The number of halogens is 3. The number of sulfonamides is 1. The minimum Gasteiger partial charge on any atom is -0.489 e. The molecule has 178 valence electrons. The minimum atomic E-state index is -4.80. The van der Waals surface area contributed by atoms with Crippen LogP contribution >= 0.6 is 0 Å². The molecule has 12 heteroatoms. The van der Waals surface area contributed by atoms with Crippen LogP contribution in [0.4, 0.5) is 19.0 Å². The summed E-state index contributed by atoms with van der Waals surface area (Å²) in [6, 6.07) is 6.74. The Kier molecular flexibility index (Phi) is 6.96. The van der Waals surface area contributed by atoms with E-state index in [0.29, 0.717) is 17.2 Å². The molecule has 0 saturated carbocycles. The third-order valence-electron chi connectivity index (χ3n) is 4.66. The molecule has 8 nitrogen and oxygen atoms in total. The number of aromatic nitrogens is 3. The van der Waals surface area contributed by atoms with Crippen LogP contribution in [0.25, 0.3) is 0 Å². The second-order valence-electron chi connectivity index (χ2n) is 7.73. The summed E-state index contributed by atoms with van der Waals surface area (Å²) in [5.74, 6) is -0.914. The van der Waals surface area contributed by atoms with Crippen molar-refractivity contribution in [2.24, 2.45) is 5.92 Å². The van der Waals surface area contributed by atoms with E-state index >= 15 is 0 Å². The molecule has 0 radical (unpaired) electrons. The van der Waals surface area contributed by atoms with Crippen molar-refractivity contribution in [3.8, 4) is 5.75 Å². The first kappa shape index (κ1) is 24.5. The Morgan fingerprint density at radius 1 is 1.12 bits per heavy atom. The van der Waals surface area contributed by atoms with Gasteiger partial charge in [0.05, 0.1) is 16.2 Å². The van der Waals surface area contributed by atoms with Gasteiger partial charge in [0.2, 0.25) is 5.82 Å². The normalized spacial score (nSPS) is 12.2. The van der Waals surface area contributed by atoms with Crippen molar-refractivity contribution in [1.29, 1.82) is 0 Å². The molecule has 3 rings (SSSR count). The number of nitrogens with zero attached hydrogens (tertiary/aromatic N) is 4. The topological polar surface area (TPSA) is 98.4 Å². The van der Waals surface area contributed by atoms with Crippen LogP contribution in [0.3, 0.4) is 0 Å². The van der Waals surface area contributed by atoms with Crippen LogP contribution in [0, 0.1) is 19.8 Å². The summed E-state index contributed by atoms with van der Waals surface area (Å²) in [6.07, 6.45) is -3.91. The monoisotopic (exact) mass is 484 g/mol. The first-order chi connectivity index (χ1) is 15.4. The van der Waals surface area contributed by atoms with Crippen molar-refractivity contribution in [1.82, 2.24) is 15.1 Å². The number of hydrogen-bond donors (Lipinski definition) is 0. The lowest BCUT2D eigenvalue weighted by atomic mass is 10.2. The highest BCUT2D eigenvalue weighted by molar-refractivity contribution is 7.92. The van der Waals surface area contributed by atoms with Gasteiger partial charge in [-0.2, -0.15) is 13.2 Å². The molecule has 0 aliphatic rings. The summed E-state index contributed by atoms with van der Waals surface area (Å²) >= 11 is 0. The van der Waals surface area contributed by atoms with Gasteiger partial charge in [0.15, 0.2) is 0 Å². The Balaban J connectivity index is 1.87. The molecule has 0 saturated heterocycles. The van der Waals surface area contributed by atoms with Gasteiger partial charge in [0.25, 0.3) is 10.0 Å². The highest BCUT2D eigenvalue weighted by Crippen LogP contribution is 2.30. The number of anilines is 1. The van der Waals surface area contributed by atoms with Gasteiger partial charge in [-0.25, -0.2) is 22.7 Å². The van der Waals surface area contributed by atoms with E-state index in [-0.39, 0.29) is 29.8 Å². The quantitative estimate of drug-likeness (QED) is 0.463. The maximum absolute atomic E-state index is 13.3. The molecule has 0 bridgehead atoms. The minimum absolute atomic E-state index is 0.0685. The van der Waals surface area contributed by atoms with Crippen LogP contribution in [0.2, 0.25) is 0 Å². The van der Waals surface area contributed by atoms with E-state index < -0.39 is 22.0 Å². The van der Waals surface area contributed by atoms with Crippen molar-refractivity contribution >= 4 is 15.8 Å². The van der Waals surface area contributed by atoms with Gasteiger partial charge >= 0.3 is 6.18 Å². The van der Waals surface area contributed by atoms with Crippen molar-refractivity contribution in [2.75, 3.05) is 10.8 Å². The molecule has 0 aliphatic heterocycles. The van der Waals surface area contributed by atoms with Crippen LogP contribution in [0.15, 0.2) is 45.9 Å². The number of hydrogen-bond acceptors (Lipinski definition) is 7.